The molecule has 1 fully saturated rings. The minimum absolute atomic E-state index is 0.129. The Kier molecular flexibility index (Phi) is 4.92. The predicted octanol–water partition coefficient (Wildman–Crippen LogP) is 2.57. The molecule has 1 heterocycles. The minimum atomic E-state index is -0.400. The van der Waals surface area contributed by atoms with Gasteiger partial charge in [-0.05, 0) is 42.0 Å². The second-order valence-electron chi connectivity index (χ2n) is 5.84. The average Bonchev–Trinajstić information content (AvgIpc) is 2.95. The number of nitrogens with one attached hydrogen (secondary N) is 2. The van der Waals surface area contributed by atoms with Crippen LogP contribution in [0.25, 0.3) is 0 Å². The Labute approximate surface area is 143 Å². The van der Waals surface area contributed by atoms with E-state index in [1.54, 1.807) is 12.1 Å². The maximum atomic E-state index is 13.0. The van der Waals surface area contributed by atoms with Gasteiger partial charge >= 0.3 is 6.03 Å². The lowest BCUT2D eigenvalue weighted by molar-refractivity contribution is -0.117. The van der Waals surface area contributed by atoms with Crippen molar-refractivity contribution in [3.63, 3.8) is 0 Å². The van der Waals surface area contributed by atoms with Crippen LogP contribution in [0.3, 0.4) is 0 Å². The van der Waals surface area contributed by atoms with Crippen molar-refractivity contribution < 1.29 is 18.4 Å². The lowest BCUT2D eigenvalue weighted by atomic mass is 10.2. The normalized spacial score (nSPS) is 16.8. The van der Waals surface area contributed by atoms with Gasteiger partial charge in [-0.3, -0.25) is 4.79 Å². The fraction of sp³-hybridized carbons (Fsp3) is 0.222. The highest BCUT2D eigenvalue weighted by Gasteiger charge is 2.31. The number of urea groups is 1. The molecule has 0 saturated carbocycles. The third kappa shape index (κ3) is 4.32. The average molecular weight is 345 g/mol. The van der Waals surface area contributed by atoms with Crippen LogP contribution in [0.2, 0.25) is 0 Å². The number of halogens is 2. The summed E-state index contributed by atoms with van der Waals surface area (Å²) in [6, 6.07) is 10.7. The monoisotopic (exact) mass is 345 g/mol. The van der Waals surface area contributed by atoms with Gasteiger partial charge < -0.3 is 15.5 Å². The molecule has 0 spiro atoms. The van der Waals surface area contributed by atoms with Gasteiger partial charge in [-0.25, -0.2) is 13.6 Å². The van der Waals surface area contributed by atoms with Crippen LogP contribution in [0.5, 0.6) is 0 Å². The summed E-state index contributed by atoms with van der Waals surface area (Å²) in [7, 11) is 0. The van der Waals surface area contributed by atoms with E-state index in [9.17, 15) is 18.4 Å². The molecule has 2 N–H and O–H groups in total. The quantitative estimate of drug-likeness (QED) is 0.895. The molecule has 1 aliphatic heterocycles. The predicted molar refractivity (Wildman–Crippen MR) is 88.9 cm³/mol. The molecule has 2 aromatic carbocycles. The second kappa shape index (κ2) is 7.29. The third-order valence-electron chi connectivity index (χ3n) is 3.96. The highest BCUT2D eigenvalue weighted by molar-refractivity contribution is 5.96. The number of carbonyl (C=O) groups is 2. The van der Waals surface area contributed by atoms with E-state index >= 15 is 0 Å². The van der Waals surface area contributed by atoms with Crippen LogP contribution in [0.15, 0.2) is 48.5 Å². The Hall–Kier alpha value is -2.96. The number of hydrogen-bond acceptors (Lipinski definition) is 2. The molecule has 5 nitrogen and oxygen atoms in total. The number of benzene rings is 2. The van der Waals surface area contributed by atoms with Crippen molar-refractivity contribution in [1.82, 2.24) is 10.6 Å². The zero-order valence-electron chi connectivity index (χ0n) is 13.3. The van der Waals surface area contributed by atoms with Gasteiger partial charge in [0.2, 0.25) is 5.91 Å². The van der Waals surface area contributed by atoms with Crippen molar-refractivity contribution in [2.75, 3.05) is 11.4 Å². The summed E-state index contributed by atoms with van der Waals surface area (Å²) < 4.78 is 25.8. The first-order chi connectivity index (χ1) is 12.0. The maximum absolute atomic E-state index is 13.0. The van der Waals surface area contributed by atoms with Gasteiger partial charge in [0, 0.05) is 25.2 Å². The Balaban J connectivity index is 1.51. The minimum Gasteiger partial charge on any atom is -0.334 e. The van der Waals surface area contributed by atoms with Crippen LogP contribution in [0.4, 0.5) is 19.3 Å². The first-order valence-corrected chi connectivity index (χ1v) is 7.86. The van der Waals surface area contributed by atoms with Crippen LogP contribution in [-0.4, -0.2) is 24.5 Å². The Morgan fingerprint density at radius 3 is 2.28 bits per heavy atom. The Bertz CT molecular complexity index is 763. The molecule has 7 heteroatoms. The van der Waals surface area contributed by atoms with E-state index in [2.05, 4.69) is 10.6 Å². The summed E-state index contributed by atoms with van der Waals surface area (Å²) >= 11 is 0. The smallest absolute Gasteiger partial charge is 0.315 e. The zero-order chi connectivity index (χ0) is 17.8. The van der Waals surface area contributed by atoms with Crippen LogP contribution in [-0.2, 0) is 11.3 Å². The van der Waals surface area contributed by atoms with Crippen molar-refractivity contribution in [2.45, 2.75) is 19.0 Å². The summed E-state index contributed by atoms with van der Waals surface area (Å²) in [5.41, 5.74) is 1.37. The van der Waals surface area contributed by atoms with Crippen molar-refractivity contribution in [3.8, 4) is 0 Å². The number of rotatable bonds is 4. The van der Waals surface area contributed by atoms with Gasteiger partial charge in [0.15, 0.2) is 0 Å². The zero-order valence-corrected chi connectivity index (χ0v) is 13.3. The number of anilines is 1. The van der Waals surface area contributed by atoms with Crippen molar-refractivity contribution >= 4 is 17.6 Å². The van der Waals surface area contributed by atoms with Crippen molar-refractivity contribution in [3.05, 3.63) is 65.7 Å². The lowest BCUT2D eigenvalue weighted by Crippen LogP contribution is -2.43. The lowest BCUT2D eigenvalue weighted by Gasteiger charge is -2.17. The highest BCUT2D eigenvalue weighted by atomic mass is 19.1. The van der Waals surface area contributed by atoms with Gasteiger partial charge in [-0.2, -0.15) is 0 Å². The largest absolute Gasteiger partial charge is 0.334 e. The third-order valence-corrected chi connectivity index (χ3v) is 3.96. The molecule has 25 heavy (non-hydrogen) atoms. The molecule has 0 unspecified atom stereocenters. The maximum Gasteiger partial charge on any atom is 0.315 e. The van der Waals surface area contributed by atoms with E-state index in [1.165, 1.54) is 41.3 Å². The van der Waals surface area contributed by atoms with E-state index in [0.717, 1.165) is 5.56 Å². The summed E-state index contributed by atoms with van der Waals surface area (Å²) in [4.78, 5) is 25.6. The molecule has 1 atom stereocenters. The Morgan fingerprint density at radius 2 is 1.64 bits per heavy atom. The van der Waals surface area contributed by atoms with Gasteiger partial charge in [0.1, 0.15) is 11.6 Å². The van der Waals surface area contributed by atoms with Gasteiger partial charge in [-0.1, -0.05) is 12.1 Å². The first kappa shape index (κ1) is 16.9. The molecule has 0 radical (unpaired) electrons. The number of nitrogens with zero attached hydrogens (tertiary/aromatic N) is 1. The molecular weight excluding hydrogens is 328 g/mol. The molecule has 1 saturated heterocycles. The first-order valence-electron chi connectivity index (χ1n) is 7.86. The molecule has 130 valence electrons. The molecule has 3 rings (SSSR count). The molecule has 1 aliphatic rings. The fourth-order valence-corrected chi connectivity index (χ4v) is 2.70. The molecule has 2 aromatic rings. The Morgan fingerprint density at radius 1 is 1.04 bits per heavy atom. The van der Waals surface area contributed by atoms with E-state index in [-0.39, 0.29) is 36.5 Å². The highest BCUT2D eigenvalue weighted by Crippen LogP contribution is 2.21. The van der Waals surface area contributed by atoms with E-state index in [0.29, 0.717) is 12.2 Å². The van der Waals surface area contributed by atoms with E-state index < -0.39 is 6.03 Å². The van der Waals surface area contributed by atoms with Crippen molar-refractivity contribution in [2.24, 2.45) is 0 Å². The fourth-order valence-electron chi connectivity index (χ4n) is 2.70. The topological polar surface area (TPSA) is 61.4 Å². The molecule has 3 amide bonds. The SMILES string of the molecule is O=C(NCc1ccc(F)cc1)N[C@H]1CC(=O)N(c2ccc(F)cc2)C1. The van der Waals surface area contributed by atoms with E-state index in [4.69, 9.17) is 0 Å². The second-order valence-corrected chi connectivity index (χ2v) is 5.84. The summed E-state index contributed by atoms with van der Waals surface area (Å²) in [5, 5.41) is 5.41. The van der Waals surface area contributed by atoms with E-state index in [1.807, 2.05) is 0 Å². The van der Waals surface area contributed by atoms with Gasteiger partial charge in [0.05, 0.1) is 6.04 Å². The van der Waals surface area contributed by atoms with Crippen LogP contribution in [0.1, 0.15) is 12.0 Å². The van der Waals surface area contributed by atoms with Gasteiger partial charge in [0.25, 0.3) is 0 Å². The van der Waals surface area contributed by atoms with Crippen LogP contribution >= 0.6 is 0 Å². The van der Waals surface area contributed by atoms with Crippen molar-refractivity contribution in [1.29, 1.82) is 0 Å². The van der Waals surface area contributed by atoms with Gasteiger partial charge in [-0.15, -0.1) is 0 Å². The standard InChI is InChI=1S/C18H17F2N3O2/c19-13-3-1-12(2-4-13)10-21-18(25)22-15-9-17(24)23(11-15)16-7-5-14(20)6-8-16/h1-8,15H,9-11H2,(H2,21,22,25)/t15-/m0/s1. The molecule has 0 aliphatic carbocycles. The summed E-state index contributed by atoms with van der Waals surface area (Å²) in [6.07, 6.45) is 0.182. The number of hydrogen-bond donors (Lipinski definition) is 2. The molecular formula is C18H17F2N3O2. The summed E-state index contributed by atoms with van der Waals surface area (Å²) in [6.45, 7) is 0.586. The van der Waals surface area contributed by atoms with Crippen LogP contribution in [0, 0.1) is 11.6 Å². The molecule has 0 aromatic heterocycles. The number of carbonyl (C=O) groups excluding carboxylic acids is 2. The van der Waals surface area contributed by atoms with Crippen LogP contribution < -0.4 is 15.5 Å². The summed E-state index contributed by atoms with van der Waals surface area (Å²) in [5.74, 6) is -0.834. The molecule has 0 bridgehead atoms. The number of amides is 3.